The van der Waals surface area contributed by atoms with Crippen LogP contribution in [0.5, 0.6) is 0 Å². The van der Waals surface area contributed by atoms with E-state index in [0.717, 1.165) is 37.3 Å². The second-order valence-electron chi connectivity index (χ2n) is 8.19. The summed E-state index contributed by atoms with van der Waals surface area (Å²) in [6.45, 7) is 7.74. The molecule has 1 fully saturated rings. The summed E-state index contributed by atoms with van der Waals surface area (Å²) in [7, 11) is 0. The van der Waals surface area contributed by atoms with E-state index < -0.39 is 6.10 Å². The summed E-state index contributed by atoms with van der Waals surface area (Å²) in [6, 6.07) is 12.3. The van der Waals surface area contributed by atoms with Crippen molar-refractivity contribution in [2.24, 2.45) is 0 Å². The lowest BCUT2D eigenvalue weighted by Crippen LogP contribution is -2.45. The average molecular weight is 358 g/mol. The lowest BCUT2D eigenvalue weighted by atomic mass is 9.92. The van der Waals surface area contributed by atoms with Crippen LogP contribution in [0.1, 0.15) is 50.6 Å². The van der Waals surface area contributed by atoms with Crippen molar-refractivity contribution in [3.05, 3.63) is 53.4 Å². The number of aliphatic hydroxyl groups is 1. The van der Waals surface area contributed by atoms with E-state index in [1.165, 1.54) is 5.56 Å². The number of aliphatic hydroxyl groups excluding tert-OH is 1. The van der Waals surface area contributed by atoms with Gasteiger partial charge in [0.2, 0.25) is 0 Å². The zero-order valence-corrected chi connectivity index (χ0v) is 15.9. The number of benzene rings is 1. The number of rotatable bonds is 6. The Bertz CT molecular complexity index is 678. The highest BCUT2D eigenvalue weighted by Gasteiger charge is 2.30. The molecule has 1 aromatic carbocycles. The van der Waals surface area contributed by atoms with Crippen molar-refractivity contribution in [1.29, 1.82) is 0 Å². The molecule has 0 unspecified atom stereocenters. The van der Waals surface area contributed by atoms with E-state index in [1.807, 2.05) is 24.3 Å². The summed E-state index contributed by atoms with van der Waals surface area (Å²) in [6.07, 6.45) is 1.78. The predicted octanol–water partition coefficient (Wildman–Crippen LogP) is 3.21. The first kappa shape index (κ1) is 19.1. The standard InChI is InChI=1S/C21H30N2O3/c1-21(2,3)20-12-16(23-26-20)11-17-9-10-18(24)19(25-17)14-22-13-15-7-5-4-6-8-15/h4-8,12,17-19,22,24H,9-11,13-14H2,1-3H3/t17-,18-,19+/m0/s1. The molecule has 3 rings (SSSR count). The van der Waals surface area contributed by atoms with Crippen molar-refractivity contribution in [2.45, 2.75) is 70.3 Å². The van der Waals surface area contributed by atoms with Crippen LogP contribution in [0, 0.1) is 0 Å². The summed E-state index contributed by atoms with van der Waals surface area (Å²) in [5, 5.41) is 17.8. The molecule has 0 aliphatic carbocycles. The van der Waals surface area contributed by atoms with E-state index >= 15 is 0 Å². The van der Waals surface area contributed by atoms with E-state index in [1.54, 1.807) is 0 Å². The molecule has 0 bridgehead atoms. The molecule has 2 heterocycles. The Kier molecular flexibility index (Phi) is 6.12. The zero-order valence-electron chi connectivity index (χ0n) is 15.9. The Morgan fingerprint density at radius 1 is 1.19 bits per heavy atom. The Hall–Kier alpha value is -1.69. The van der Waals surface area contributed by atoms with Gasteiger partial charge >= 0.3 is 0 Å². The number of ether oxygens (including phenoxy) is 1. The van der Waals surface area contributed by atoms with Gasteiger partial charge in [-0.3, -0.25) is 0 Å². The molecule has 3 atom stereocenters. The van der Waals surface area contributed by atoms with Crippen molar-refractivity contribution < 1.29 is 14.4 Å². The van der Waals surface area contributed by atoms with Gasteiger partial charge < -0.3 is 19.7 Å². The van der Waals surface area contributed by atoms with E-state index in [2.05, 4.69) is 43.4 Å². The van der Waals surface area contributed by atoms with Gasteiger partial charge in [0.05, 0.1) is 24.0 Å². The molecular formula is C21H30N2O3. The molecule has 1 aliphatic heterocycles. The highest BCUT2D eigenvalue weighted by Crippen LogP contribution is 2.26. The van der Waals surface area contributed by atoms with Crippen LogP contribution in [0.2, 0.25) is 0 Å². The van der Waals surface area contributed by atoms with Crippen LogP contribution in [-0.4, -0.2) is 35.1 Å². The molecule has 26 heavy (non-hydrogen) atoms. The molecule has 1 aliphatic rings. The Balaban J connectivity index is 1.50. The van der Waals surface area contributed by atoms with E-state index in [0.29, 0.717) is 6.54 Å². The summed E-state index contributed by atoms with van der Waals surface area (Å²) in [4.78, 5) is 0. The summed E-state index contributed by atoms with van der Waals surface area (Å²) < 4.78 is 11.6. The Morgan fingerprint density at radius 2 is 1.96 bits per heavy atom. The number of aromatic nitrogens is 1. The van der Waals surface area contributed by atoms with Crippen molar-refractivity contribution >= 4 is 0 Å². The smallest absolute Gasteiger partial charge is 0.142 e. The lowest BCUT2D eigenvalue weighted by Gasteiger charge is -2.34. The van der Waals surface area contributed by atoms with Gasteiger partial charge in [0.15, 0.2) is 0 Å². The SMILES string of the molecule is CC(C)(C)c1cc(C[C@@H]2CC[C@H](O)[C@@H](CNCc3ccccc3)O2)no1. The first-order chi connectivity index (χ1) is 12.4. The van der Waals surface area contributed by atoms with Gasteiger partial charge in [0, 0.05) is 31.0 Å². The van der Waals surface area contributed by atoms with Gasteiger partial charge in [0.1, 0.15) is 5.76 Å². The van der Waals surface area contributed by atoms with Crippen molar-refractivity contribution in [3.8, 4) is 0 Å². The Morgan fingerprint density at radius 3 is 2.65 bits per heavy atom. The monoisotopic (exact) mass is 358 g/mol. The summed E-state index contributed by atoms with van der Waals surface area (Å²) >= 11 is 0. The average Bonchev–Trinajstić information content (AvgIpc) is 3.07. The van der Waals surface area contributed by atoms with E-state index in [-0.39, 0.29) is 17.6 Å². The quantitative estimate of drug-likeness (QED) is 0.830. The van der Waals surface area contributed by atoms with E-state index in [4.69, 9.17) is 9.26 Å². The normalized spacial score (nSPS) is 23.9. The molecule has 0 amide bonds. The fourth-order valence-electron chi connectivity index (χ4n) is 3.23. The second-order valence-corrected chi connectivity index (χ2v) is 8.19. The van der Waals surface area contributed by atoms with Crippen LogP contribution >= 0.6 is 0 Å². The van der Waals surface area contributed by atoms with Gasteiger partial charge in [-0.2, -0.15) is 0 Å². The highest BCUT2D eigenvalue weighted by atomic mass is 16.5. The third kappa shape index (κ3) is 5.16. The molecule has 1 aromatic heterocycles. The van der Waals surface area contributed by atoms with Crippen LogP contribution in [0.4, 0.5) is 0 Å². The van der Waals surface area contributed by atoms with Gasteiger partial charge in [-0.15, -0.1) is 0 Å². The van der Waals surface area contributed by atoms with Crippen LogP contribution < -0.4 is 5.32 Å². The molecule has 2 N–H and O–H groups in total. The first-order valence-corrected chi connectivity index (χ1v) is 9.46. The Labute approximate surface area is 155 Å². The van der Waals surface area contributed by atoms with Crippen LogP contribution in [0.25, 0.3) is 0 Å². The van der Waals surface area contributed by atoms with Gasteiger partial charge in [0.25, 0.3) is 0 Å². The van der Waals surface area contributed by atoms with Crippen LogP contribution in [0.3, 0.4) is 0 Å². The maximum atomic E-state index is 10.3. The third-order valence-corrected chi connectivity index (χ3v) is 4.83. The van der Waals surface area contributed by atoms with Gasteiger partial charge in [-0.05, 0) is 18.4 Å². The van der Waals surface area contributed by atoms with Gasteiger partial charge in [-0.1, -0.05) is 56.3 Å². The lowest BCUT2D eigenvalue weighted by molar-refractivity contribution is -0.115. The highest BCUT2D eigenvalue weighted by molar-refractivity contribution is 5.15. The topological polar surface area (TPSA) is 67.5 Å². The molecule has 1 saturated heterocycles. The van der Waals surface area contributed by atoms with Crippen molar-refractivity contribution in [2.75, 3.05) is 6.54 Å². The minimum Gasteiger partial charge on any atom is -0.390 e. The van der Waals surface area contributed by atoms with Crippen molar-refractivity contribution in [3.63, 3.8) is 0 Å². The van der Waals surface area contributed by atoms with Crippen LogP contribution in [0.15, 0.2) is 40.9 Å². The predicted molar refractivity (Wildman–Crippen MR) is 101 cm³/mol. The molecule has 2 aromatic rings. The molecule has 5 nitrogen and oxygen atoms in total. The second kappa shape index (κ2) is 8.33. The summed E-state index contributed by atoms with van der Waals surface area (Å²) in [5.41, 5.74) is 2.11. The molecular weight excluding hydrogens is 328 g/mol. The number of nitrogens with zero attached hydrogens (tertiary/aromatic N) is 1. The van der Waals surface area contributed by atoms with Crippen molar-refractivity contribution in [1.82, 2.24) is 10.5 Å². The molecule has 0 radical (unpaired) electrons. The number of nitrogens with one attached hydrogen (secondary N) is 1. The molecule has 142 valence electrons. The first-order valence-electron chi connectivity index (χ1n) is 9.46. The minimum absolute atomic E-state index is 0.0429. The van der Waals surface area contributed by atoms with Crippen LogP contribution in [-0.2, 0) is 23.1 Å². The maximum Gasteiger partial charge on any atom is 0.142 e. The molecule has 0 spiro atoms. The maximum absolute atomic E-state index is 10.3. The van der Waals surface area contributed by atoms with E-state index in [9.17, 15) is 5.11 Å². The zero-order chi connectivity index (χ0) is 18.6. The number of hydrogen-bond acceptors (Lipinski definition) is 5. The largest absolute Gasteiger partial charge is 0.390 e. The van der Waals surface area contributed by atoms with Gasteiger partial charge in [-0.25, -0.2) is 0 Å². The minimum atomic E-state index is -0.419. The number of hydrogen-bond donors (Lipinski definition) is 2. The molecule has 0 saturated carbocycles. The molecule has 5 heteroatoms. The fraction of sp³-hybridized carbons (Fsp3) is 0.571. The fourth-order valence-corrected chi connectivity index (χ4v) is 3.23. The summed E-state index contributed by atoms with van der Waals surface area (Å²) in [5.74, 6) is 0.893. The third-order valence-electron chi connectivity index (χ3n) is 4.83.